The molecule has 0 spiro atoms. The number of halogens is 1. The Bertz CT molecular complexity index is 411. The fraction of sp³-hybridized carbons (Fsp3) is 0.571. The molecule has 1 aliphatic heterocycles. The van der Waals surface area contributed by atoms with E-state index in [-0.39, 0.29) is 12.6 Å². The van der Waals surface area contributed by atoms with Crippen molar-refractivity contribution in [2.75, 3.05) is 24.6 Å². The molecular formula is C14H21ClN2O. The third kappa shape index (κ3) is 2.79. The summed E-state index contributed by atoms with van der Waals surface area (Å²) in [6.07, 6.45) is 1.07. The van der Waals surface area contributed by atoms with Crippen LogP contribution in [0.3, 0.4) is 0 Å². The highest BCUT2D eigenvalue weighted by Crippen LogP contribution is 2.29. The third-order valence-corrected chi connectivity index (χ3v) is 4.12. The highest BCUT2D eigenvalue weighted by Gasteiger charge is 2.23. The first-order valence-electron chi connectivity index (χ1n) is 6.49. The standard InChI is InChI=1S/C14H21ClN2O/c1-10-6-7-16-12(9-18)8-17(10)14-5-3-4-13(15)11(14)2/h3-5,10,12,16,18H,6-9H2,1-2H3. The van der Waals surface area contributed by atoms with E-state index in [2.05, 4.69) is 30.1 Å². The number of hydrogen-bond donors (Lipinski definition) is 2. The Hall–Kier alpha value is -0.770. The lowest BCUT2D eigenvalue weighted by atomic mass is 10.1. The van der Waals surface area contributed by atoms with Crippen molar-refractivity contribution in [1.29, 1.82) is 0 Å². The fourth-order valence-corrected chi connectivity index (χ4v) is 2.67. The Kier molecular flexibility index (Phi) is 4.49. The second-order valence-corrected chi connectivity index (χ2v) is 5.41. The summed E-state index contributed by atoms with van der Waals surface area (Å²) < 4.78 is 0. The van der Waals surface area contributed by atoms with Crippen LogP contribution in [0.15, 0.2) is 18.2 Å². The maximum atomic E-state index is 9.38. The van der Waals surface area contributed by atoms with E-state index >= 15 is 0 Å². The van der Waals surface area contributed by atoms with E-state index in [9.17, 15) is 5.11 Å². The molecule has 0 saturated carbocycles. The van der Waals surface area contributed by atoms with Gasteiger partial charge in [0.15, 0.2) is 0 Å². The number of hydrogen-bond acceptors (Lipinski definition) is 3. The number of aliphatic hydroxyl groups excluding tert-OH is 1. The molecule has 2 rings (SSSR count). The summed E-state index contributed by atoms with van der Waals surface area (Å²) in [5.74, 6) is 0. The van der Waals surface area contributed by atoms with Gasteiger partial charge in [0.2, 0.25) is 0 Å². The molecule has 1 heterocycles. The molecule has 2 atom stereocenters. The molecule has 1 saturated heterocycles. The number of aliphatic hydroxyl groups is 1. The number of nitrogens with one attached hydrogen (secondary N) is 1. The fourth-order valence-electron chi connectivity index (χ4n) is 2.50. The van der Waals surface area contributed by atoms with Gasteiger partial charge in [-0.3, -0.25) is 0 Å². The van der Waals surface area contributed by atoms with Crippen LogP contribution in [0.2, 0.25) is 5.02 Å². The molecule has 0 radical (unpaired) electrons. The maximum absolute atomic E-state index is 9.38. The van der Waals surface area contributed by atoms with Crippen molar-refractivity contribution in [3.05, 3.63) is 28.8 Å². The molecule has 0 aliphatic carbocycles. The van der Waals surface area contributed by atoms with E-state index in [0.29, 0.717) is 6.04 Å². The molecule has 0 amide bonds. The summed E-state index contributed by atoms with van der Waals surface area (Å²) in [4.78, 5) is 2.35. The van der Waals surface area contributed by atoms with E-state index in [1.807, 2.05) is 12.1 Å². The molecule has 2 unspecified atom stereocenters. The van der Waals surface area contributed by atoms with E-state index in [1.54, 1.807) is 0 Å². The third-order valence-electron chi connectivity index (χ3n) is 3.71. The minimum absolute atomic E-state index is 0.133. The van der Waals surface area contributed by atoms with Gasteiger partial charge in [-0.15, -0.1) is 0 Å². The zero-order valence-electron chi connectivity index (χ0n) is 11.0. The minimum atomic E-state index is 0.133. The van der Waals surface area contributed by atoms with Crippen LogP contribution in [0.25, 0.3) is 0 Å². The predicted octanol–water partition coefficient (Wildman–Crippen LogP) is 2.20. The first kappa shape index (κ1) is 13.7. The van der Waals surface area contributed by atoms with Crippen LogP contribution in [0.5, 0.6) is 0 Å². The molecule has 3 nitrogen and oxygen atoms in total. The molecule has 4 heteroatoms. The molecule has 1 aliphatic rings. The molecule has 1 fully saturated rings. The number of rotatable bonds is 2. The van der Waals surface area contributed by atoms with Crippen LogP contribution in [0.1, 0.15) is 18.9 Å². The zero-order chi connectivity index (χ0) is 13.1. The monoisotopic (exact) mass is 268 g/mol. The minimum Gasteiger partial charge on any atom is -0.395 e. The normalized spacial score (nSPS) is 25.0. The quantitative estimate of drug-likeness (QED) is 0.863. The summed E-state index contributed by atoms with van der Waals surface area (Å²) in [6, 6.07) is 6.60. The van der Waals surface area contributed by atoms with Crippen molar-refractivity contribution in [1.82, 2.24) is 5.32 Å². The van der Waals surface area contributed by atoms with Gasteiger partial charge >= 0.3 is 0 Å². The van der Waals surface area contributed by atoms with E-state index < -0.39 is 0 Å². The van der Waals surface area contributed by atoms with Gasteiger partial charge in [-0.2, -0.15) is 0 Å². The predicted molar refractivity (Wildman–Crippen MR) is 76.5 cm³/mol. The summed E-state index contributed by atoms with van der Waals surface area (Å²) in [5.41, 5.74) is 2.29. The maximum Gasteiger partial charge on any atom is 0.0601 e. The topological polar surface area (TPSA) is 35.5 Å². The highest BCUT2D eigenvalue weighted by atomic mass is 35.5. The van der Waals surface area contributed by atoms with Gasteiger partial charge < -0.3 is 15.3 Å². The average Bonchev–Trinajstić information content (AvgIpc) is 2.55. The Labute approximate surface area is 114 Å². The van der Waals surface area contributed by atoms with Gasteiger partial charge in [-0.05, 0) is 44.5 Å². The second-order valence-electron chi connectivity index (χ2n) is 5.01. The Balaban J connectivity index is 2.30. The van der Waals surface area contributed by atoms with Gasteiger partial charge in [0.1, 0.15) is 0 Å². The van der Waals surface area contributed by atoms with Crippen LogP contribution in [0.4, 0.5) is 5.69 Å². The van der Waals surface area contributed by atoms with Gasteiger partial charge in [0.25, 0.3) is 0 Å². The van der Waals surface area contributed by atoms with Crippen LogP contribution in [-0.4, -0.2) is 36.9 Å². The first-order chi connectivity index (χ1) is 8.63. The summed E-state index contributed by atoms with van der Waals surface area (Å²) in [5, 5.41) is 13.5. The largest absolute Gasteiger partial charge is 0.395 e. The smallest absolute Gasteiger partial charge is 0.0601 e. The lowest BCUT2D eigenvalue weighted by molar-refractivity contribution is 0.248. The summed E-state index contributed by atoms with van der Waals surface area (Å²) in [7, 11) is 0. The van der Waals surface area contributed by atoms with Gasteiger partial charge in [0, 0.05) is 29.3 Å². The van der Waals surface area contributed by atoms with Crippen molar-refractivity contribution in [3.63, 3.8) is 0 Å². The van der Waals surface area contributed by atoms with Crippen LogP contribution in [0, 0.1) is 6.92 Å². The van der Waals surface area contributed by atoms with Crippen molar-refractivity contribution in [2.45, 2.75) is 32.4 Å². The lowest BCUT2D eigenvalue weighted by Gasteiger charge is -2.32. The molecule has 1 aromatic carbocycles. The number of anilines is 1. The van der Waals surface area contributed by atoms with Crippen molar-refractivity contribution in [3.8, 4) is 0 Å². The summed E-state index contributed by atoms with van der Waals surface area (Å²) in [6.45, 7) is 6.21. The lowest BCUT2D eigenvalue weighted by Crippen LogP contribution is -2.42. The van der Waals surface area contributed by atoms with Crippen molar-refractivity contribution < 1.29 is 5.11 Å². The van der Waals surface area contributed by atoms with Gasteiger partial charge in [-0.1, -0.05) is 17.7 Å². The van der Waals surface area contributed by atoms with Crippen LogP contribution < -0.4 is 10.2 Å². The summed E-state index contributed by atoms with van der Waals surface area (Å²) >= 11 is 6.20. The zero-order valence-corrected chi connectivity index (χ0v) is 11.7. The Morgan fingerprint density at radius 3 is 3.00 bits per heavy atom. The van der Waals surface area contributed by atoms with Gasteiger partial charge in [0.05, 0.1) is 6.61 Å². The Morgan fingerprint density at radius 2 is 2.28 bits per heavy atom. The average molecular weight is 269 g/mol. The van der Waals surface area contributed by atoms with Crippen LogP contribution in [-0.2, 0) is 0 Å². The highest BCUT2D eigenvalue weighted by molar-refractivity contribution is 6.31. The van der Waals surface area contributed by atoms with Crippen molar-refractivity contribution in [2.24, 2.45) is 0 Å². The second kappa shape index (κ2) is 5.91. The number of nitrogens with zero attached hydrogens (tertiary/aromatic N) is 1. The number of benzene rings is 1. The SMILES string of the molecule is Cc1c(Cl)cccc1N1CC(CO)NCCC1C. The van der Waals surface area contributed by atoms with Crippen LogP contribution >= 0.6 is 11.6 Å². The molecule has 100 valence electrons. The molecular weight excluding hydrogens is 248 g/mol. The molecule has 18 heavy (non-hydrogen) atoms. The van der Waals surface area contributed by atoms with E-state index in [1.165, 1.54) is 5.69 Å². The molecule has 2 N–H and O–H groups in total. The van der Waals surface area contributed by atoms with Gasteiger partial charge in [-0.25, -0.2) is 0 Å². The van der Waals surface area contributed by atoms with E-state index in [0.717, 1.165) is 30.1 Å². The first-order valence-corrected chi connectivity index (χ1v) is 6.87. The molecule has 0 aromatic heterocycles. The molecule has 1 aromatic rings. The van der Waals surface area contributed by atoms with E-state index in [4.69, 9.17) is 11.6 Å². The molecule has 0 bridgehead atoms. The van der Waals surface area contributed by atoms with Crippen molar-refractivity contribution >= 4 is 17.3 Å². The Morgan fingerprint density at radius 1 is 1.50 bits per heavy atom.